The highest BCUT2D eigenvalue weighted by atomic mass is 32.2. The van der Waals surface area contributed by atoms with Crippen LogP contribution in [0.15, 0.2) is 11.1 Å². The van der Waals surface area contributed by atoms with Gasteiger partial charge in [0.2, 0.25) is 0 Å². The van der Waals surface area contributed by atoms with Crippen LogP contribution in [0.25, 0.3) is 0 Å². The summed E-state index contributed by atoms with van der Waals surface area (Å²) < 4.78 is 26.7. The molecule has 2 amide bonds. The quantitative estimate of drug-likeness (QED) is 0.674. The average molecular weight is 261 g/mol. The summed E-state index contributed by atoms with van der Waals surface area (Å²) in [5, 5.41) is 5.99. The van der Waals surface area contributed by atoms with Crippen molar-refractivity contribution in [1.29, 1.82) is 0 Å². The fraction of sp³-hybridized carbons (Fsp3) is 0.500. The van der Waals surface area contributed by atoms with E-state index in [0.717, 1.165) is 6.42 Å². The summed E-state index contributed by atoms with van der Waals surface area (Å²) in [5.41, 5.74) is 5.49. The number of nitrogens with one attached hydrogen (secondary N) is 2. The standard InChI is InChI=1S/C8H15N5O3S/c1-3-4-13-5-6(7(9)11-13)17(15,16)12-8(14)10-2/h5H,3-4H2,1-2H3,(H2,9,11)(H2,10,12,14). The van der Waals surface area contributed by atoms with Gasteiger partial charge in [-0.2, -0.15) is 5.10 Å². The van der Waals surface area contributed by atoms with Crippen molar-refractivity contribution >= 4 is 21.9 Å². The molecule has 1 rings (SSSR count). The fourth-order valence-corrected chi connectivity index (χ4v) is 2.23. The molecule has 0 radical (unpaired) electrons. The average Bonchev–Trinajstić information content (AvgIpc) is 2.60. The van der Waals surface area contributed by atoms with E-state index in [1.807, 2.05) is 11.6 Å². The molecule has 0 unspecified atom stereocenters. The van der Waals surface area contributed by atoms with Crippen molar-refractivity contribution in [1.82, 2.24) is 19.8 Å². The zero-order valence-corrected chi connectivity index (χ0v) is 10.4. The van der Waals surface area contributed by atoms with Gasteiger partial charge in [0, 0.05) is 19.8 Å². The predicted molar refractivity (Wildman–Crippen MR) is 61.7 cm³/mol. The number of aromatic nitrogens is 2. The first-order valence-electron chi connectivity index (χ1n) is 4.98. The van der Waals surface area contributed by atoms with Crippen LogP contribution in [0.3, 0.4) is 0 Å². The van der Waals surface area contributed by atoms with Crippen LogP contribution >= 0.6 is 0 Å². The number of nitrogens with two attached hydrogens (primary N) is 1. The Morgan fingerprint density at radius 2 is 2.24 bits per heavy atom. The maximum absolute atomic E-state index is 11.7. The number of hydrogen-bond acceptors (Lipinski definition) is 5. The molecule has 96 valence electrons. The van der Waals surface area contributed by atoms with E-state index in [9.17, 15) is 13.2 Å². The molecule has 0 atom stereocenters. The van der Waals surface area contributed by atoms with Crippen molar-refractivity contribution in [2.45, 2.75) is 24.8 Å². The maximum Gasteiger partial charge on any atom is 0.328 e. The summed E-state index contributed by atoms with van der Waals surface area (Å²) in [6.07, 6.45) is 2.09. The number of amides is 2. The van der Waals surface area contributed by atoms with Crippen molar-refractivity contribution < 1.29 is 13.2 Å². The molecule has 0 fully saturated rings. The molecule has 9 heteroatoms. The van der Waals surface area contributed by atoms with E-state index in [4.69, 9.17) is 5.73 Å². The lowest BCUT2D eigenvalue weighted by atomic mass is 10.5. The van der Waals surface area contributed by atoms with Gasteiger partial charge in [-0.25, -0.2) is 17.9 Å². The Balaban J connectivity index is 3.02. The molecule has 0 saturated carbocycles. The molecule has 17 heavy (non-hydrogen) atoms. The molecular weight excluding hydrogens is 246 g/mol. The summed E-state index contributed by atoms with van der Waals surface area (Å²) in [7, 11) is -2.66. The third-order valence-corrected chi connectivity index (χ3v) is 3.30. The number of rotatable bonds is 4. The third-order valence-electron chi connectivity index (χ3n) is 1.95. The lowest BCUT2D eigenvalue weighted by Gasteiger charge is -2.03. The summed E-state index contributed by atoms with van der Waals surface area (Å²) in [6.45, 7) is 2.48. The van der Waals surface area contributed by atoms with Crippen LogP contribution in [0.2, 0.25) is 0 Å². The Labute approximate surface area is 99.2 Å². The molecule has 1 aromatic rings. The molecule has 0 aliphatic carbocycles. The molecule has 1 heterocycles. The van der Waals surface area contributed by atoms with E-state index < -0.39 is 16.1 Å². The van der Waals surface area contributed by atoms with Crippen LogP contribution in [0.1, 0.15) is 13.3 Å². The van der Waals surface area contributed by atoms with Crippen LogP contribution in [0.5, 0.6) is 0 Å². The van der Waals surface area contributed by atoms with Crippen LogP contribution < -0.4 is 15.8 Å². The molecule has 0 aliphatic rings. The van der Waals surface area contributed by atoms with Crippen molar-refractivity contribution in [3.63, 3.8) is 0 Å². The van der Waals surface area contributed by atoms with E-state index in [2.05, 4.69) is 10.4 Å². The number of nitrogen functional groups attached to an aromatic ring is 1. The largest absolute Gasteiger partial charge is 0.381 e. The molecule has 0 spiro atoms. The van der Waals surface area contributed by atoms with Gasteiger partial charge in [0.05, 0.1) is 0 Å². The second kappa shape index (κ2) is 5.04. The topological polar surface area (TPSA) is 119 Å². The van der Waals surface area contributed by atoms with Crippen molar-refractivity contribution in [3.05, 3.63) is 6.20 Å². The highest BCUT2D eigenvalue weighted by molar-refractivity contribution is 7.90. The van der Waals surface area contributed by atoms with Gasteiger partial charge in [-0.1, -0.05) is 6.92 Å². The third kappa shape index (κ3) is 3.09. The van der Waals surface area contributed by atoms with E-state index >= 15 is 0 Å². The van der Waals surface area contributed by atoms with Crippen LogP contribution in [0, 0.1) is 0 Å². The highest BCUT2D eigenvalue weighted by Crippen LogP contribution is 2.15. The highest BCUT2D eigenvalue weighted by Gasteiger charge is 2.22. The van der Waals surface area contributed by atoms with Crippen LogP contribution in [-0.4, -0.2) is 31.3 Å². The minimum atomic E-state index is -3.97. The summed E-state index contributed by atoms with van der Waals surface area (Å²) in [6, 6.07) is -0.826. The van der Waals surface area contributed by atoms with Gasteiger partial charge in [0.15, 0.2) is 5.82 Å². The van der Waals surface area contributed by atoms with E-state index in [0.29, 0.717) is 6.54 Å². The number of carbonyl (C=O) groups is 1. The number of urea groups is 1. The number of nitrogens with zero attached hydrogens (tertiary/aromatic N) is 2. The fourth-order valence-electron chi connectivity index (χ4n) is 1.20. The summed E-state index contributed by atoms with van der Waals surface area (Å²) >= 11 is 0. The minimum Gasteiger partial charge on any atom is -0.381 e. The first-order valence-corrected chi connectivity index (χ1v) is 6.46. The van der Waals surface area contributed by atoms with Gasteiger partial charge in [-0.05, 0) is 6.42 Å². The minimum absolute atomic E-state index is 0.130. The molecule has 4 N–H and O–H groups in total. The first-order chi connectivity index (χ1) is 7.90. The lowest BCUT2D eigenvalue weighted by molar-refractivity contribution is 0.248. The SMILES string of the molecule is CCCn1cc(S(=O)(=O)NC(=O)NC)c(N)n1. The van der Waals surface area contributed by atoms with Gasteiger partial charge in [-0.3, -0.25) is 4.68 Å². The number of carbonyl (C=O) groups excluding carboxylic acids is 1. The predicted octanol–water partition coefficient (Wildman–Crippen LogP) is -0.507. The van der Waals surface area contributed by atoms with Gasteiger partial charge in [-0.15, -0.1) is 0 Å². The van der Waals surface area contributed by atoms with Crippen molar-refractivity contribution in [2.75, 3.05) is 12.8 Å². The number of sulfonamides is 1. The van der Waals surface area contributed by atoms with E-state index in [1.54, 1.807) is 0 Å². The Hall–Kier alpha value is -1.77. The molecule has 8 nitrogen and oxygen atoms in total. The van der Waals surface area contributed by atoms with Crippen molar-refractivity contribution in [2.24, 2.45) is 0 Å². The van der Waals surface area contributed by atoms with Crippen LogP contribution in [-0.2, 0) is 16.6 Å². The first kappa shape index (κ1) is 13.3. The summed E-state index contributed by atoms with van der Waals surface area (Å²) in [4.78, 5) is 10.8. The Bertz CT molecular complexity index is 507. The zero-order valence-electron chi connectivity index (χ0n) is 9.60. The Morgan fingerprint density at radius 3 is 2.76 bits per heavy atom. The zero-order chi connectivity index (χ0) is 13.1. The smallest absolute Gasteiger partial charge is 0.328 e. The van der Waals surface area contributed by atoms with Gasteiger partial charge >= 0.3 is 6.03 Å². The molecule has 0 aliphatic heterocycles. The normalized spacial score (nSPS) is 11.2. The maximum atomic E-state index is 11.7. The monoisotopic (exact) mass is 261 g/mol. The Morgan fingerprint density at radius 1 is 1.59 bits per heavy atom. The van der Waals surface area contributed by atoms with E-state index in [-0.39, 0.29) is 10.7 Å². The summed E-state index contributed by atoms with van der Waals surface area (Å²) in [5.74, 6) is -0.130. The van der Waals surface area contributed by atoms with Crippen molar-refractivity contribution in [3.8, 4) is 0 Å². The molecule has 0 bridgehead atoms. The second-order valence-corrected chi connectivity index (χ2v) is 4.98. The van der Waals surface area contributed by atoms with Gasteiger partial charge in [0.1, 0.15) is 4.90 Å². The Kier molecular flexibility index (Phi) is 3.94. The lowest BCUT2D eigenvalue weighted by Crippen LogP contribution is -2.37. The number of hydrogen-bond donors (Lipinski definition) is 3. The molecule has 0 aromatic carbocycles. The number of anilines is 1. The van der Waals surface area contributed by atoms with Gasteiger partial charge in [0.25, 0.3) is 10.0 Å². The van der Waals surface area contributed by atoms with E-state index in [1.165, 1.54) is 17.9 Å². The number of aryl methyl sites for hydroxylation is 1. The molecular formula is C8H15N5O3S. The second-order valence-electron chi connectivity index (χ2n) is 3.33. The molecule has 0 saturated heterocycles. The van der Waals surface area contributed by atoms with Crippen LogP contribution in [0.4, 0.5) is 10.6 Å². The molecule has 1 aromatic heterocycles. The van der Waals surface area contributed by atoms with Gasteiger partial charge < -0.3 is 11.1 Å².